The summed E-state index contributed by atoms with van der Waals surface area (Å²) >= 11 is 6.04. The molecule has 2 rings (SSSR count). The highest BCUT2D eigenvalue weighted by Crippen LogP contribution is 2.27. The molecule has 0 fully saturated rings. The van der Waals surface area contributed by atoms with Gasteiger partial charge in [-0.2, -0.15) is 0 Å². The van der Waals surface area contributed by atoms with Gasteiger partial charge < -0.3 is 20.1 Å². The SMILES string of the molecule is COc1ccc(NC(=O)C(C)(C)NC(=O)OCc2ccccc2)cc1Cl. The molecule has 0 bridgehead atoms. The monoisotopic (exact) mass is 376 g/mol. The van der Waals surface area contributed by atoms with Gasteiger partial charge in [0.1, 0.15) is 17.9 Å². The second-order valence-corrected chi connectivity index (χ2v) is 6.52. The van der Waals surface area contributed by atoms with Crippen molar-refractivity contribution in [2.45, 2.75) is 26.0 Å². The molecule has 0 atom stereocenters. The molecule has 2 aromatic rings. The lowest BCUT2D eigenvalue weighted by Gasteiger charge is -2.24. The Hall–Kier alpha value is -2.73. The van der Waals surface area contributed by atoms with Crippen LogP contribution in [0, 0.1) is 0 Å². The summed E-state index contributed by atoms with van der Waals surface area (Å²) in [7, 11) is 1.51. The number of benzene rings is 2. The highest BCUT2D eigenvalue weighted by molar-refractivity contribution is 6.32. The van der Waals surface area contributed by atoms with Crippen LogP contribution < -0.4 is 15.4 Å². The Morgan fingerprint density at radius 2 is 1.81 bits per heavy atom. The number of methoxy groups -OCH3 is 1. The summed E-state index contributed by atoms with van der Waals surface area (Å²) in [5.41, 5.74) is 0.172. The Morgan fingerprint density at radius 3 is 2.42 bits per heavy atom. The van der Waals surface area contributed by atoms with Crippen LogP contribution in [0.15, 0.2) is 48.5 Å². The third kappa shape index (κ3) is 5.39. The van der Waals surface area contributed by atoms with Crippen LogP contribution in [0.1, 0.15) is 19.4 Å². The predicted molar refractivity (Wildman–Crippen MR) is 100 cm³/mol. The molecule has 0 aliphatic rings. The third-order valence-corrected chi connectivity index (χ3v) is 3.90. The highest BCUT2D eigenvalue weighted by atomic mass is 35.5. The number of rotatable bonds is 6. The molecule has 0 radical (unpaired) electrons. The van der Waals surface area contributed by atoms with E-state index in [-0.39, 0.29) is 6.61 Å². The first-order chi connectivity index (χ1) is 12.3. The Bertz CT molecular complexity index is 778. The number of carbonyl (C=O) groups is 2. The predicted octanol–water partition coefficient (Wildman–Crippen LogP) is 3.99. The van der Waals surface area contributed by atoms with Crippen LogP contribution in [-0.2, 0) is 16.1 Å². The number of hydrogen-bond acceptors (Lipinski definition) is 4. The molecule has 0 unspecified atom stereocenters. The minimum absolute atomic E-state index is 0.123. The molecule has 2 aromatic carbocycles. The molecule has 0 heterocycles. The fraction of sp³-hybridized carbons (Fsp3) is 0.263. The number of carbonyl (C=O) groups excluding carboxylic acids is 2. The van der Waals surface area contributed by atoms with Crippen molar-refractivity contribution in [2.75, 3.05) is 12.4 Å². The van der Waals surface area contributed by atoms with Gasteiger partial charge in [-0.15, -0.1) is 0 Å². The van der Waals surface area contributed by atoms with Crippen molar-refractivity contribution in [1.29, 1.82) is 0 Å². The maximum atomic E-state index is 12.5. The van der Waals surface area contributed by atoms with Crippen molar-refractivity contribution in [3.05, 3.63) is 59.1 Å². The molecule has 2 N–H and O–H groups in total. The average Bonchev–Trinajstić information content (AvgIpc) is 2.60. The van der Waals surface area contributed by atoms with Crippen molar-refractivity contribution in [3.63, 3.8) is 0 Å². The molecule has 0 spiro atoms. The van der Waals surface area contributed by atoms with Gasteiger partial charge in [0.05, 0.1) is 12.1 Å². The van der Waals surface area contributed by atoms with E-state index in [1.54, 1.807) is 32.0 Å². The van der Waals surface area contributed by atoms with Gasteiger partial charge in [0.25, 0.3) is 0 Å². The third-order valence-electron chi connectivity index (χ3n) is 3.60. The number of anilines is 1. The van der Waals surface area contributed by atoms with Gasteiger partial charge >= 0.3 is 6.09 Å². The summed E-state index contributed by atoms with van der Waals surface area (Å²) in [6.07, 6.45) is -0.679. The molecule has 138 valence electrons. The van der Waals surface area contributed by atoms with Crippen LogP contribution in [0.2, 0.25) is 5.02 Å². The molecule has 6 nitrogen and oxygen atoms in total. The van der Waals surface area contributed by atoms with Crippen LogP contribution in [0.3, 0.4) is 0 Å². The van der Waals surface area contributed by atoms with E-state index in [1.807, 2.05) is 30.3 Å². The summed E-state index contributed by atoms with van der Waals surface area (Å²) in [6.45, 7) is 3.28. The van der Waals surface area contributed by atoms with Crippen LogP contribution in [0.25, 0.3) is 0 Å². The van der Waals surface area contributed by atoms with Gasteiger partial charge in [-0.3, -0.25) is 4.79 Å². The van der Waals surface area contributed by atoms with E-state index >= 15 is 0 Å². The molecule has 7 heteroatoms. The average molecular weight is 377 g/mol. The van der Waals surface area contributed by atoms with Gasteiger partial charge in [0.15, 0.2) is 0 Å². The van der Waals surface area contributed by atoms with Crippen molar-refractivity contribution < 1.29 is 19.1 Å². The van der Waals surface area contributed by atoms with E-state index in [0.29, 0.717) is 16.5 Å². The maximum absolute atomic E-state index is 12.5. The van der Waals surface area contributed by atoms with Gasteiger partial charge in [-0.05, 0) is 37.6 Å². The van der Waals surface area contributed by atoms with Crippen LogP contribution in [-0.4, -0.2) is 24.6 Å². The fourth-order valence-corrected chi connectivity index (χ4v) is 2.36. The van der Waals surface area contributed by atoms with Crippen molar-refractivity contribution >= 4 is 29.3 Å². The molecule has 0 aromatic heterocycles. The number of alkyl carbamates (subject to hydrolysis) is 1. The van der Waals surface area contributed by atoms with E-state index in [1.165, 1.54) is 7.11 Å². The number of nitrogens with one attached hydrogen (secondary N) is 2. The quantitative estimate of drug-likeness (QED) is 0.799. The van der Waals surface area contributed by atoms with Gasteiger partial charge in [-0.1, -0.05) is 41.9 Å². The zero-order valence-electron chi connectivity index (χ0n) is 14.8. The normalized spacial score (nSPS) is 10.8. The molecule has 0 aliphatic heterocycles. The number of amides is 2. The molecular formula is C19H21ClN2O4. The summed E-state index contributed by atoms with van der Waals surface area (Å²) in [5.74, 6) is 0.0990. The lowest BCUT2D eigenvalue weighted by atomic mass is 10.0. The summed E-state index contributed by atoms with van der Waals surface area (Å²) in [6, 6.07) is 14.2. The lowest BCUT2D eigenvalue weighted by Crippen LogP contribution is -2.52. The van der Waals surface area contributed by atoms with E-state index in [2.05, 4.69) is 10.6 Å². The Morgan fingerprint density at radius 1 is 1.12 bits per heavy atom. The fourth-order valence-electron chi connectivity index (χ4n) is 2.10. The zero-order chi connectivity index (χ0) is 19.2. The minimum atomic E-state index is -1.18. The Labute approximate surface area is 157 Å². The van der Waals surface area contributed by atoms with Crippen LogP contribution in [0.4, 0.5) is 10.5 Å². The van der Waals surface area contributed by atoms with Gasteiger partial charge in [-0.25, -0.2) is 4.79 Å². The largest absolute Gasteiger partial charge is 0.495 e. The van der Waals surface area contributed by atoms with E-state index in [9.17, 15) is 9.59 Å². The number of halogens is 1. The lowest BCUT2D eigenvalue weighted by molar-refractivity contribution is -0.121. The van der Waals surface area contributed by atoms with E-state index < -0.39 is 17.5 Å². The molecular weight excluding hydrogens is 356 g/mol. The standard InChI is InChI=1S/C19H21ClN2O4/c1-19(2,22-18(24)26-12-13-7-5-4-6-8-13)17(23)21-14-9-10-16(25-3)15(20)11-14/h4-11H,12H2,1-3H3,(H,21,23)(H,22,24). The Kier molecular flexibility index (Phi) is 6.46. The first kappa shape index (κ1) is 19.6. The first-order valence-corrected chi connectivity index (χ1v) is 8.33. The minimum Gasteiger partial charge on any atom is -0.495 e. The summed E-state index contributed by atoms with van der Waals surface area (Å²) < 4.78 is 10.2. The second-order valence-electron chi connectivity index (χ2n) is 6.12. The second kappa shape index (κ2) is 8.58. The highest BCUT2D eigenvalue weighted by Gasteiger charge is 2.30. The van der Waals surface area contributed by atoms with Crippen molar-refractivity contribution in [3.8, 4) is 5.75 Å². The zero-order valence-corrected chi connectivity index (χ0v) is 15.6. The van der Waals surface area contributed by atoms with Crippen molar-refractivity contribution in [2.24, 2.45) is 0 Å². The molecule has 2 amide bonds. The maximum Gasteiger partial charge on any atom is 0.408 e. The van der Waals surface area contributed by atoms with Crippen LogP contribution >= 0.6 is 11.6 Å². The summed E-state index contributed by atoms with van der Waals surface area (Å²) in [4.78, 5) is 24.4. The van der Waals surface area contributed by atoms with Gasteiger partial charge in [0.2, 0.25) is 5.91 Å². The van der Waals surface area contributed by atoms with Crippen LogP contribution in [0.5, 0.6) is 5.75 Å². The molecule has 0 saturated heterocycles. The van der Waals surface area contributed by atoms with Gasteiger partial charge in [0, 0.05) is 5.69 Å². The smallest absolute Gasteiger partial charge is 0.408 e. The topological polar surface area (TPSA) is 76.7 Å². The molecule has 0 aliphatic carbocycles. The summed E-state index contributed by atoms with van der Waals surface area (Å²) in [5, 5.41) is 5.63. The van der Waals surface area contributed by atoms with E-state index in [0.717, 1.165) is 5.56 Å². The number of hydrogen-bond donors (Lipinski definition) is 2. The number of ether oxygens (including phenoxy) is 2. The van der Waals surface area contributed by atoms with Crippen molar-refractivity contribution in [1.82, 2.24) is 5.32 Å². The van der Waals surface area contributed by atoms with E-state index in [4.69, 9.17) is 21.1 Å². The molecule has 26 heavy (non-hydrogen) atoms. The first-order valence-electron chi connectivity index (χ1n) is 7.95. The molecule has 0 saturated carbocycles. The Balaban J connectivity index is 1.92.